The van der Waals surface area contributed by atoms with E-state index in [1.54, 1.807) is 18.2 Å². The third kappa shape index (κ3) is 1.73. The molecule has 1 heterocycles. The Morgan fingerprint density at radius 2 is 1.89 bits per heavy atom. The van der Waals surface area contributed by atoms with Crippen LogP contribution in [0.15, 0.2) is 48.5 Å². The molecule has 0 aliphatic rings. The first-order valence-corrected chi connectivity index (χ1v) is 5.59. The fourth-order valence-electron chi connectivity index (χ4n) is 1.90. The topological polar surface area (TPSA) is 71.8 Å². The fourth-order valence-corrected chi connectivity index (χ4v) is 1.90. The van der Waals surface area contributed by atoms with Gasteiger partial charge in [-0.15, -0.1) is 0 Å². The number of primary amides is 1. The Bertz CT molecular complexity index is 716. The molecule has 0 fully saturated rings. The lowest BCUT2D eigenvalue weighted by molar-refractivity contribution is 0.100. The predicted molar refractivity (Wildman–Crippen MR) is 70.0 cm³/mol. The van der Waals surface area contributed by atoms with Crippen LogP contribution in [0, 0.1) is 0 Å². The van der Waals surface area contributed by atoms with E-state index in [4.69, 9.17) is 5.73 Å². The van der Waals surface area contributed by atoms with Gasteiger partial charge >= 0.3 is 0 Å². The number of nitrogens with zero attached hydrogens (tertiary/aromatic N) is 1. The summed E-state index contributed by atoms with van der Waals surface area (Å²) in [6.45, 7) is 0. The van der Waals surface area contributed by atoms with Gasteiger partial charge in [-0.05, 0) is 18.2 Å². The monoisotopic (exact) mass is 237 g/mol. The zero-order chi connectivity index (χ0) is 12.5. The van der Waals surface area contributed by atoms with Gasteiger partial charge in [0.05, 0.1) is 11.0 Å². The number of H-pyrrole nitrogens is 1. The molecule has 0 radical (unpaired) electrons. The van der Waals surface area contributed by atoms with E-state index in [1.165, 1.54) is 0 Å². The molecule has 18 heavy (non-hydrogen) atoms. The first-order valence-electron chi connectivity index (χ1n) is 5.59. The first-order chi connectivity index (χ1) is 8.74. The number of hydrogen-bond donors (Lipinski definition) is 2. The first kappa shape index (κ1) is 10.5. The number of hydrogen-bond acceptors (Lipinski definition) is 2. The second kappa shape index (κ2) is 4.00. The van der Waals surface area contributed by atoms with Crippen LogP contribution in [0.5, 0.6) is 0 Å². The summed E-state index contributed by atoms with van der Waals surface area (Å²) in [5.41, 5.74) is 8.36. The third-order valence-corrected chi connectivity index (χ3v) is 2.81. The molecule has 0 unspecified atom stereocenters. The Balaban J connectivity index is 2.14. The van der Waals surface area contributed by atoms with E-state index in [-0.39, 0.29) is 0 Å². The van der Waals surface area contributed by atoms with E-state index < -0.39 is 5.91 Å². The Labute approximate surface area is 103 Å². The number of fused-ring (bicyclic) bond motifs is 1. The molecule has 0 aliphatic carbocycles. The van der Waals surface area contributed by atoms with Crippen molar-refractivity contribution in [3.8, 4) is 11.4 Å². The number of rotatable bonds is 2. The summed E-state index contributed by atoms with van der Waals surface area (Å²) in [5.74, 6) is 0.347. The van der Waals surface area contributed by atoms with Crippen molar-refractivity contribution >= 4 is 16.9 Å². The highest BCUT2D eigenvalue weighted by molar-refractivity contribution is 5.96. The lowest BCUT2D eigenvalue weighted by Crippen LogP contribution is -2.10. The molecule has 0 atom stereocenters. The Hall–Kier alpha value is -2.62. The van der Waals surface area contributed by atoms with Crippen molar-refractivity contribution in [2.24, 2.45) is 5.73 Å². The molecule has 0 saturated heterocycles. The summed E-state index contributed by atoms with van der Waals surface area (Å²) < 4.78 is 0. The van der Waals surface area contributed by atoms with Crippen LogP contribution in [0.3, 0.4) is 0 Å². The Morgan fingerprint density at radius 1 is 1.11 bits per heavy atom. The number of carbonyl (C=O) groups excluding carboxylic acids is 1. The van der Waals surface area contributed by atoms with E-state index in [0.29, 0.717) is 5.56 Å². The van der Waals surface area contributed by atoms with E-state index >= 15 is 0 Å². The maximum atomic E-state index is 11.1. The minimum Gasteiger partial charge on any atom is -0.366 e. The average Bonchev–Trinajstić information content (AvgIpc) is 2.82. The van der Waals surface area contributed by atoms with Gasteiger partial charge in [0.1, 0.15) is 5.82 Å². The van der Waals surface area contributed by atoms with Crippen LogP contribution < -0.4 is 5.73 Å². The maximum absolute atomic E-state index is 11.1. The molecule has 4 nitrogen and oxygen atoms in total. The van der Waals surface area contributed by atoms with Crippen molar-refractivity contribution in [3.63, 3.8) is 0 Å². The smallest absolute Gasteiger partial charge is 0.248 e. The van der Waals surface area contributed by atoms with Crippen LogP contribution in [-0.2, 0) is 0 Å². The molecule has 0 bridgehead atoms. The Morgan fingerprint density at radius 3 is 2.61 bits per heavy atom. The molecular weight excluding hydrogens is 226 g/mol. The number of aromatic amines is 1. The van der Waals surface area contributed by atoms with Crippen LogP contribution in [0.2, 0.25) is 0 Å². The minimum atomic E-state index is -0.437. The third-order valence-electron chi connectivity index (χ3n) is 2.81. The SMILES string of the molecule is NC(=O)c1ccc2nc(-c3ccccc3)[nH]c2c1. The van der Waals surface area contributed by atoms with Gasteiger partial charge in [-0.1, -0.05) is 30.3 Å². The summed E-state index contributed by atoms with van der Waals surface area (Å²) in [4.78, 5) is 18.8. The number of amides is 1. The summed E-state index contributed by atoms with van der Waals surface area (Å²) in [6, 6.07) is 15.0. The molecule has 1 amide bonds. The van der Waals surface area contributed by atoms with Gasteiger partial charge in [-0.3, -0.25) is 4.79 Å². The molecule has 4 heteroatoms. The fraction of sp³-hybridized carbons (Fsp3) is 0. The Kier molecular flexibility index (Phi) is 2.34. The molecule has 3 N–H and O–H groups in total. The minimum absolute atomic E-state index is 0.437. The van der Waals surface area contributed by atoms with E-state index in [2.05, 4.69) is 9.97 Å². The van der Waals surface area contributed by atoms with Gasteiger partial charge < -0.3 is 10.7 Å². The number of nitrogens with two attached hydrogens (primary N) is 1. The zero-order valence-corrected chi connectivity index (χ0v) is 9.55. The predicted octanol–water partition coefficient (Wildman–Crippen LogP) is 2.33. The molecule has 1 aromatic heterocycles. The summed E-state index contributed by atoms with van der Waals surface area (Å²) in [5, 5.41) is 0. The maximum Gasteiger partial charge on any atom is 0.248 e. The lowest BCUT2D eigenvalue weighted by atomic mass is 10.2. The van der Waals surface area contributed by atoms with Crippen molar-refractivity contribution in [2.75, 3.05) is 0 Å². The van der Waals surface area contributed by atoms with Gasteiger partial charge in [-0.25, -0.2) is 4.98 Å². The molecule has 0 spiro atoms. The molecule has 2 aromatic carbocycles. The van der Waals surface area contributed by atoms with E-state index in [9.17, 15) is 4.79 Å². The van der Waals surface area contributed by atoms with Crippen LogP contribution in [0.25, 0.3) is 22.4 Å². The number of imidazole rings is 1. The van der Waals surface area contributed by atoms with Gasteiger partial charge in [0, 0.05) is 11.1 Å². The second-order valence-electron chi connectivity index (χ2n) is 4.05. The van der Waals surface area contributed by atoms with Crippen LogP contribution >= 0.6 is 0 Å². The number of aromatic nitrogens is 2. The number of carbonyl (C=O) groups is 1. The zero-order valence-electron chi connectivity index (χ0n) is 9.55. The van der Waals surface area contributed by atoms with Crippen molar-refractivity contribution in [2.45, 2.75) is 0 Å². The lowest BCUT2D eigenvalue weighted by Gasteiger charge is -1.94. The van der Waals surface area contributed by atoms with Crippen molar-refractivity contribution < 1.29 is 4.79 Å². The summed E-state index contributed by atoms with van der Waals surface area (Å²) in [6.07, 6.45) is 0. The molecular formula is C14H11N3O. The number of benzene rings is 2. The van der Waals surface area contributed by atoms with Gasteiger partial charge in [0.25, 0.3) is 0 Å². The largest absolute Gasteiger partial charge is 0.366 e. The standard InChI is InChI=1S/C14H11N3O/c15-13(18)10-6-7-11-12(8-10)17-14(16-11)9-4-2-1-3-5-9/h1-8H,(H2,15,18)(H,16,17). The molecule has 3 rings (SSSR count). The highest BCUT2D eigenvalue weighted by Gasteiger charge is 2.07. The highest BCUT2D eigenvalue weighted by Crippen LogP contribution is 2.20. The van der Waals surface area contributed by atoms with Crippen molar-refractivity contribution in [3.05, 3.63) is 54.1 Å². The normalized spacial score (nSPS) is 10.7. The van der Waals surface area contributed by atoms with Gasteiger partial charge in [0.2, 0.25) is 5.91 Å². The van der Waals surface area contributed by atoms with Crippen LogP contribution in [0.4, 0.5) is 0 Å². The van der Waals surface area contributed by atoms with Crippen molar-refractivity contribution in [1.29, 1.82) is 0 Å². The van der Waals surface area contributed by atoms with Crippen LogP contribution in [0.1, 0.15) is 10.4 Å². The molecule has 0 aliphatic heterocycles. The highest BCUT2D eigenvalue weighted by atomic mass is 16.1. The van der Waals surface area contributed by atoms with Gasteiger partial charge in [0.15, 0.2) is 0 Å². The average molecular weight is 237 g/mol. The van der Waals surface area contributed by atoms with Crippen molar-refractivity contribution in [1.82, 2.24) is 9.97 Å². The van der Waals surface area contributed by atoms with Crippen LogP contribution in [-0.4, -0.2) is 15.9 Å². The molecule has 88 valence electrons. The van der Waals surface area contributed by atoms with E-state index in [1.807, 2.05) is 30.3 Å². The molecule has 0 saturated carbocycles. The summed E-state index contributed by atoms with van der Waals surface area (Å²) >= 11 is 0. The second-order valence-corrected chi connectivity index (χ2v) is 4.05. The van der Waals surface area contributed by atoms with Gasteiger partial charge in [-0.2, -0.15) is 0 Å². The quantitative estimate of drug-likeness (QED) is 0.718. The summed E-state index contributed by atoms with van der Waals surface area (Å²) in [7, 11) is 0. The van der Waals surface area contributed by atoms with E-state index in [0.717, 1.165) is 22.4 Å². The number of nitrogens with one attached hydrogen (secondary N) is 1. The molecule has 3 aromatic rings.